The Kier molecular flexibility index (Phi) is 51.8. The van der Waals surface area contributed by atoms with E-state index in [1.54, 1.807) is 0 Å². The molecule has 18 heavy (non-hydrogen) atoms. The monoisotopic (exact) mass is 254 g/mol. The normalized spacial score (nSPS) is 6.72. The van der Waals surface area contributed by atoms with Gasteiger partial charge < -0.3 is 0 Å². The fraction of sp³-hybridized carbons (Fsp3) is 0.667. The highest BCUT2D eigenvalue weighted by Crippen LogP contribution is 1.96. The maximum atomic E-state index is 2.18. The molecule has 0 radical (unpaired) electrons. The lowest BCUT2D eigenvalue weighted by Crippen LogP contribution is -1.73. The van der Waals surface area contributed by atoms with Crippen molar-refractivity contribution in [3.05, 3.63) is 35.9 Å². The Hall–Kier alpha value is -0.780. The number of benzene rings is 1. The molecule has 0 amide bonds. The summed E-state index contributed by atoms with van der Waals surface area (Å²) in [5.41, 5.74) is 1.41. The maximum Gasteiger partial charge on any atom is -0.0307 e. The summed E-state index contributed by atoms with van der Waals surface area (Å²) >= 11 is 0. The summed E-state index contributed by atoms with van der Waals surface area (Å²) in [5.74, 6) is 0. The Bertz CT molecular complexity index is 163. The zero-order chi connectivity index (χ0) is 15.2. The summed E-state index contributed by atoms with van der Waals surface area (Å²) < 4.78 is 0. The van der Waals surface area contributed by atoms with Crippen molar-refractivity contribution in [2.24, 2.45) is 0 Å². The van der Waals surface area contributed by atoms with E-state index in [2.05, 4.69) is 45.0 Å². The molecule has 0 saturated heterocycles. The molecule has 0 spiro atoms. The number of aryl methyl sites for hydroxylation is 1. The van der Waals surface area contributed by atoms with Crippen LogP contribution in [0, 0.1) is 0 Å². The average Bonchev–Trinajstić information content (AvgIpc) is 2.54. The lowest BCUT2D eigenvalue weighted by atomic mass is 10.2. The van der Waals surface area contributed by atoms with Crippen molar-refractivity contribution in [1.82, 2.24) is 0 Å². The van der Waals surface area contributed by atoms with E-state index >= 15 is 0 Å². The first-order valence-electron chi connectivity index (χ1n) is 7.89. The van der Waals surface area contributed by atoms with Crippen LogP contribution in [0.3, 0.4) is 0 Å². The first-order valence-corrected chi connectivity index (χ1v) is 7.89. The number of rotatable bonds is 2. The Morgan fingerprint density at radius 1 is 0.611 bits per heavy atom. The summed E-state index contributed by atoms with van der Waals surface area (Å²) in [6, 6.07) is 10.5. The molecule has 1 aromatic rings. The van der Waals surface area contributed by atoms with Gasteiger partial charge >= 0.3 is 0 Å². The Morgan fingerprint density at radius 3 is 1.11 bits per heavy atom. The highest BCUT2D eigenvalue weighted by Gasteiger charge is 1.79. The summed E-state index contributed by atoms with van der Waals surface area (Å²) in [5, 5.41) is 0. The highest BCUT2D eigenvalue weighted by molar-refractivity contribution is 5.13. The highest BCUT2D eigenvalue weighted by atomic mass is 13.9. The molecule has 0 atom stereocenters. The minimum absolute atomic E-state index is 1.14. The van der Waals surface area contributed by atoms with Crippen molar-refractivity contribution in [3.8, 4) is 0 Å². The fourth-order valence-electron chi connectivity index (χ4n) is 0.714. The number of unbranched alkanes of at least 4 members (excludes halogenated alkanes) is 1. The van der Waals surface area contributed by atoms with Crippen molar-refractivity contribution >= 4 is 0 Å². The zero-order valence-electron chi connectivity index (χ0n) is 14.5. The van der Waals surface area contributed by atoms with Crippen molar-refractivity contribution < 1.29 is 0 Å². The second-order valence-corrected chi connectivity index (χ2v) is 2.84. The van der Waals surface area contributed by atoms with Gasteiger partial charge in [0.1, 0.15) is 0 Å². The summed E-state index contributed by atoms with van der Waals surface area (Å²) in [4.78, 5) is 0. The van der Waals surface area contributed by atoms with Gasteiger partial charge in [-0.15, -0.1) is 0 Å². The largest absolute Gasteiger partial charge is 0.0683 e. The maximum absolute atomic E-state index is 2.18. The first-order chi connectivity index (χ1) is 8.85. The van der Waals surface area contributed by atoms with Gasteiger partial charge in [0.15, 0.2) is 0 Å². The van der Waals surface area contributed by atoms with Gasteiger partial charge in [0.2, 0.25) is 0 Å². The van der Waals surface area contributed by atoms with E-state index in [4.69, 9.17) is 0 Å². The third-order valence-electron chi connectivity index (χ3n) is 1.75. The zero-order valence-corrected chi connectivity index (χ0v) is 14.5. The molecule has 0 fully saturated rings. The van der Waals surface area contributed by atoms with Gasteiger partial charge in [-0.2, -0.15) is 0 Å². The predicted molar refractivity (Wildman–Crippen MR) is 90.4 cm³/mol. The Morgan fingerprint density at radius 2 is 0.944 bits per heavy atom. The molecule has 0 saturated carbocycles. The Labute approximate surface area is 118 Å². The van der Waals surface area contributed by atoms with E-state index in [9.17, 15) is 0 Å². The molecule has 0 aromatic heterocycles. The van der Waals surface area contributed by atoms with Crippen LogP contribution in [0.5, 0.6) is 0 Å². The van der Waals surface area contributed by atoms with E-state index in [1.807, 2.05) is 47.6 Å². The van der Waals surface area contributed by atoms with Gasteiger partial charge in [-0.3, -0.25) is 0 Å². The van der Waals surface area contributed by atoms with E-state index in [0.717, 1.165) is 6.42 Å². The fourth-order valence-corrected chi connectivity index (χ4v) is 0.714. The average molecular weight is 255 g/mol. The molecule has 110 valence electrons. The van der Waals surface area contributed by atoms with Crippen molar-refractivity contribution in [1.29, 1.82) is 0 Å². The molecule has 0 nitrogen and oxygen atoms in total. The van der Waals surface area contributed by atoms with Gasteiger partial charge in [0.25, 0.3) is 0 Å². The molecule has 0 aliphatic heterocycles. The van der Waals surface area contributed by atoms with Gasteiger partial charge in [-0.05, 0) is 12.0 Å². The second-order valence-electron chi connectivity index (χ2n) is 2.84. The van der Waals surface area contributed by atoms with Crippen LogP contribution in [0.2, 0.25) is 0 Å². The lowest BCUT2D eigenvalue weighted by molar-refractivity contribution is 0.886. The minimum atomic E-state index is 1.14. The van der Waals surface area contributed by atoms with Crippen LogP contribution in [0.25, 0.3) is 0 Å². The predicted octanol–water partition coefficient (Wildman–Crippen LogP) is 7.13. The van der Waals surface area contributed by atoms with Crippen LogP contribution >= 0.6 is 0 Å². The molecular formula is C18H38. The van der Waals surface area contributed by atoms with Gasteiger partial charge in [-0.1, -0.05) is 105 Å². The topological polar surface area (TPSA) is 0 Å². The third-order valence-corrected chi connectivity index (χ3v) is 1.75. The van der Waals surface area contributed by atoms with Crippen molar-refractivity contribution in [2.75, 3.05) is 0 Å². The molecule has 1 aromatic carbocycles. The van der Waals surface area contributed by atoms with E-state index in [0.29, 0.717) is 0 Å². The molecule has 0 bridgehead atoms. The molecule has 0 aliphatic carbocycles. The van der Waals surface area contributed by atoms with Crippen LogP contribution < -0.4 is 0 Å². The quantitative estimate of drug-likeness (QED) is 0.526. The molecule has 0 heterocycles. The summed E-state index contributed by atoms with van der Waals surface area (Å²) in [7, 11) is 0. The minimum Gasteiger partial charge on any atom is -0.0683 e. The molecule has 0 N–H and O–H groups in total. The van der Waals surface area contributed by atoms with Crippen molar-refractivity contribution in [3.63, 3.8) is 0 Å². The van der Waals surface area contributed by atoms with Gasteiger partial charge in [-0.25, -0.2) is 0 Å². The summed E-state index contributed by atoms with van der Waals surface area (Å²) in [6.07, 6.45) is 3.78. The van der Waals surface area contributed by atoms with Crippen LogP contribution in [0.15, 0.2) is 30.3 Å². The Balaban J connectivity index is -0.0000000841. The molecule has 0 unspecified atom stereocenters. The van der Waals surface area contributed by atoms with Crippen LogP contribution in [-0.4, -0.2) is 0 Å². The standard InChI is InChI=1S/C8H10.C4H10.3C2H6/c1-2-8-6-4-3-5-7-8;1-3-4-2;3*1-2/h3-7H,2H2,1H3;3-4H2,1-2H3;3*1-2H3. The smallest absolute Gasteiger partial charge is 0.0307 e. The lowest BCUT2D eigenvalue weighted by Gasteiger charge is -1.89. The third kappa shape index (κ3) is 29.5. The molecule has 1 rings (SSSR count). The van der Waals surface area contributed by atoms with Gasteiger partial charge in [0.05, 0.1) is 0 Å². The summed E-state index contributed by atoms with van der Waals surface area (Å²) in [6.45, 7) is 18.5. The van der Waals surface area contributed by atoms with E-state index in [1.165, 1.54) is 18.4 Å². The van der Waals surface area contributed by atoms with Crippen molar-refractivity contribution in [2.45, 2.75) is 81.6 Å². The molecule has 0 heteroatoms. The van der Waals surface area contributed by atoms with Crippen LogP contribution in [0.1, 0.15) is 80.7 Å². The first kappa shape index (κ1) is 25.9. The van der Waals surface area contributed by atoms with Crippen LogP contribution in [-0.2, 0) is 6.42 Å². The molecule has 0 aliphatic rings. The second kappa shape index (κ2) is 36.0. The van der Waals surface area contributed by atoms with Gasteiger partial charge in [0, 0.05) is 0 Å². The number of hydrogen-bond donors (Lipinski definition) is 0. The van der Waals surface area contributed by atoms with E-state index < -0.39 is 0 Å². The van der Waals surface area contributed by atoms with E-state index in [-0.39, 0.29) is 0 Å². The number of hydrogen-bond acceptors (Lipinski definition) is 0. The van der Waals surface area contributed by atoms with Crippen LogP contribution in [0.4, 0.5) is 0 Å². The molecular weight excluding hydrogens is 216 g/mol. The SMILES string of the molecule is CC.CC.CC.CCCC.CCc1ccccc1.